The Kier molecular flexibility index (Phi) is 2.77. The predicted molar refractivity (Wildman–Crippen MR) is 37.6 cm³/mol. The molecule has 0 aromatic carbocycles. The van der Waals surface area contributed by atoms with Crippen LogP contribution < -0.4 is 5.73 Å². The topological polar surface area (TPSA) is 26.0 Å². The molecule has 1 heteroatoms. The van der Waals surface area contributed by atoms with E-state index in [0.29, 0.717) is 5.92 Å². The smallest absolute Gasteiger partial charge is 0.0271 e. The molecule has 0 aromatic heterocycles. The van der Waals surface area contributed by atoms with Crippen LogP contribution >= 0.6 is 0 Å². The Morgan fingerprint density at radius 1 is 1.50 bits per heavy atom. The minimum absolute atomic E-state index is 0.176. The van der Waals surface area contributed by atoms with Crippen LogP contribution in [0.5, 0.6) is 0 Å². The molecule has 0 amide bonds. The summed E-state index contributed by atoms with van der Waals surface area (Å²) >= 11 is 0. The van der Waals surface area contributed by atoms with E-state index in [4.69, 9.17) is 5.73 Å². The van der Waals surface area contributed by atoms with Gasteiger partial charge in [0, 0.05) is 6.04 Å². The summed E-state index contributed by atoms with van der Waals surface area (Å²) in [4.78, 5) is 0. The Balaban J connectivity index is 3.64. The fourth-order valence-corrected chi connectivity index (χ4v) is 0.569. The van der Waals surface area contributed by atoms with Gasteiger partial charge in [-0.2, -0.15) is 0 Å². The van der Waals surface area contributed by atoms with Gasteiger partial charge in [0.15, 0.2) is 0 Å². The largest absolute Gasteiger partial charge is 0.324 e. The van der Waals surface area contributed by atoms with E-state index in [9.17, 15) is 0 Å². The molecule has 1 atom stereocenters. The van der Waals surface area contributed by atoms with E-state index in [0.717, 1.165) is 5.57 Å². The van der Waals surface area contributed by atoms with Crippen molar-refractivity contribution in [3.8, 4) is 0 Å². The Labute approximate surface area is 51.6 Å². The Morgan fingerprint density at radius 2 is 1.88 bits per heavy atom. The summed E-state index contributed by atoms with van der Waals surface area (Å²) in [7, 11) is 0. The van der Waals surface area contributed by atoms with Crippen LogP contribution in [0.25, 0.3) is 0 Å². The van der Waals surface area contributed by atoms with Crippen LogP contribution in [0.2, 0.25) is 0 Å². The van der Waals surface area contributed by atoms with Crippen LogP contribution in [0.3, 0.4) is 0 Å². The van der Waals surface area contributed by atoms with Crippen molar-refractivity contribution in [3.63, 3.8) is 0 Å². The second kappa shape index (κ2) is 2.88. The molecule has 0 fully saturated rings. The molecule has 0 saturated heterocycles. The summed E-state index contributed by atoms with van der Waals surface area (Å²) < 4.78 is 0. The zero-order valence-corrected chi connectivity index (χ0v) is 5.94. The van der Waals surface area contributed by atoms with Gasteiger partial charge in [0.05, 0.1) is 0 Å². The minimum atomic E-state index is 0.176. The van der Waals surface area contributed by atoms with Gasteiger partial charge in [-0.05, 0) is 12.8 Å². The molecule has 0 rings (SSSR count). The average molecular weight is 113 g/mol. The molecule has 2 N–H and O–H groups in total. The van der Waals surface area contributed by atoms with Crippen LogP contribution in [-0.2, 0) is 0 Å². The molecule has 0 heterocycles. The molecule has 48 valence electrons. The fourth-order valence-electron chi connectivity index (χ4n) is 0.569. The maximum absolute atomic E-state index is 5.66. The SMILES string of the molecule is C=C(C)[C@@H](N)C(C)C. The Morgan fingerprint density at radius 3 is 1.88 bits per heavy atom. The third-order valence-electron chi connectivity index (χ3n) is 1.29. The van der Waals surface area contributed by atoms with Crippen molar-refractivity contribution in [3.05, 3.63) is 12.2 Å². The summed E-state index contributed by atoms with van der Waals surface area (Å²) in [5, 5.41) is 0. The minimum Gasteiger partial charge on any atom is -0.324 e. The van der Waals surface area contributed by atoms with Crippen LogP contribution in [-0.4, -0.2) is 6.04 Å². The van der Waals surface area contributed by atoms with Crippen molar-refractivity contribution in [1.29, 1.82) is 0 Å². The Hall–Kier alpha value is -0.300. The van der Waals surface area contributed by atoms with Crippen molar-refractivity contribution in [1.82, 2.24) is 0 Å². The lowest BCUT2D eigenvalue weighted by atomic mass is 10.00. The van der Waals surface area contributed by atoms with Gasteiger partial charge in [0.25, 0.3) is 0 Å². The van der Waals surface area contributed by atoms with Gasteiger partial charge in [-0.3, -0.25) is 0 Å². The van der Waals surface area contributed by atoms with Crippen LogP contribution in [0.4, 0.5) is 0 Å². The van der Waals surface area contributed by atoms with E-state index < -0.39 is 0 Å². The molecule has 0 unspecified atom stereocenters. The first-order valence-electron chi connectivity index (χ1n) is 2.96. The fraction of sp³-hybridized carbons (Fsp3) is 0.714. The van der Waals surface area contributed by atoms with Gasteiger partial charge in [-0.1, -0.05) is 26.0 Å². The molecular formula is C7H15N. The maximum Gasteiger partial charge on any atom is 0.0271 e. The van der Waals surface area contributed by atoms with Gasteiger partial charge in [-0.15, -0.1) is 0 Å². The van der Waals surface area contributed by atoms with Crippen molar-refractivity contribution in [2.75, 3.05) is 0 Å². The molecule has 0 aliphatic rings. The maximum atomic E-state index is 5.66. The van der Waals surface area contributed by atoms with E-state index in [1.165, 1.54) is 0 Å². The molecule has 0 aliphatic carbocycles. The van der Waals surface area contributed by atoms with Crippen molar-refractivity contribution in [2.24, 2.45) is 11.7 Å². The third kappa shape index (κ3) is 2.12. The van der Waals surface area contributed by atoms with Gasteiger partial charge < -0.3 is 5.73 Å². The lowest BCUT2D eigenvalue weighted by Gasteiger charge is -2.14. The molecule has 0 saturated carbocycles. The number of hydrogen-bond donors (Lipinski definition) is 1. The van der Waals surface area contributed by atoms with Crippen molar-refractivity contribution >= 4 is 0 Å². The highest BCUT2D eigenvalue weighted by atomic mass is 14.6. The average Bonchev–Trinajstić information content (AvgIpc) is 1.64. The van der Waals surface area contributed by atoms with E-state index in [-0.39, 0.29) is 6.04 Å². The predicted octanol–water partition coefficient (Wildman–Crippen LogP) is 1.55. The molecule has 0 aromatic rings. The van der Waals surface area contributed by atoms with Crippen LogP contribution in [0.1, 0.15) is 20.8 Å². The molecular weight excluding hydrogens is 98.1 g/mol. The van der Waals surface area contributed by atoms with Gasteiger partial charge >= 0.3 is 0 Å². The lowest BCUT2D eigenvalue weighted by Crippen LogP contribution is -2.26. The third-order valence-corrected chi connectivity index (χ3v) is 1.29. The van der Waals surface area contributed by atoms with E-state index >= 15 is 0 Å². The molecule has 0 aliphatic heterocycles. The summed E-state index contributed by atoms with van der Waals surface area (Å²) in [6, 6.07) is 0.176. The van der Waals surface area contributed by atoms with E-state index in [1.807, 2.05) is 6.92 Å². The number of rotatable bonds is 2. The molecule has 0 bridgehead atoms. The zero-order chi connectivity index (χ0) is 6.73. The van der Waals surface area contributed by atoms with E-state index in [1.54, 1.807) is 0 Å². The monoisotopic (exact) mass is 113 g/mol. The zero-order valence-electron chi connectivity index (χ0n) is 5.94. The first-order valence-corrected chi connectivity index (χ1v) is 2.96. The molecule has 1 nitrogen and oxygen atoms in total. The highest BCUT2D eigenvalue weighted by molar-refractivity contribution is 5.00. The first-order chi connectivity index (χ1) is 3.55. The molecule has 0 radical (unpaired) electrons. The number of hydrogen-bond acceptors (Lipinski definition) is 1. The van der Waals surface area contributed by atoms with Gasteiger partial charge in [-0.25, -0.2) is 0 Å². The molecule has 8 heavy (non-hydrogen) atoms. The Bertz CT molecular complexity index is 84.4. The second-order valence-corrected chi connectivity index (χ2v) is 2.62. The highest BCUT2D eigenvalue weighted by Gasteiger charge is 2.05. The normalized spacial score (nSPS) is 14.1. The summed E-state index contributed by atoms with van der Waals surface area (Å²) in [6.45, 7) is 9.91. The first kappa shape index (κ1) is 7.70. The van der Waals surface area contributed by atoms with Crippen LogP contribution in [0, 0.1) is 5.92 Å². The highest BCUT2D eigenvalue weighted by Crippen LogP contribution is 2.05. The second-order valence-electron chi connectivity index (χ2n) is 2.62. The lowest BCUT2D eigenvalue weighted by molar-refractivity contribution is 0.550. The standard InChI is InChI=1S/C7H15N/c1-5(2)7(8)6(3)4/h6-7H,1,8H2,2-4H3/t7-/m1/s1. The van der Waals surface area contributed by atoms with Crippen LogP contribution in [0.15, 0.2) is 12.2 Å². The summed E-state index contributed by atoms with van der Waals surface area (Å²) in [6.07, 6.45) is 0. The van der Waals surface area contributed by atoms with Crippen molar-refractivity contribution < 1.29 is 0 Å². The molecule has 0 spiro atoms. The van der Waals surface area contributed by atoms with Gasteiger partial charge in [0.2, 0.25) is 0 Å². The quantitative estimate of drug-likeness (QED) is 0.540. The van der Waals surface area contributed by atoms with Gasteiger partial charge in [0.1, 0.15) is 0 Å². The summed E-state index contributed by atoms with van der Waals surface area (Å²) in [5.41, 5.74) is 6.73. The van der Waals surface area contributed by atoms with E-state index in [2.05, 4.69) is 20.4 Å². The number of nitrogens with two attached hydrogens (primary N) is 1. The van der Waals surface area contributed by atoms with Crippen molar-refractivity contribution in [2.45, 2.75) is 26.8 Å². The summed E-state index contributed by atoms with van der Waals surface area (Å²) in [5.74, 6) is 0.521.